The fourth-order valence-electron chi connectivity index (χ4n) is 4.59. The largest absolute Gasteiger partial charge is 0.494 e. The van der Waals surface area contributed by atoms with E-state index in [2.05, 4.69) is 22.8 Å². The molecular formula is C25H28N2O4. The van der Waals surface area contributed by atoms with Crippen molar-refractivity contribution < 1.29 is 19.1 Å². The van der Waals surface area contributed by atoms with Gasteiger partial charge in [0, 0.05) is 11.4 Å². The van der Waals surface area contributed by atoms with Crippen LogP contribution in [-0.2, 0) is 9.59 Å². The van der Waals surface area contributed by atoms with Crippen molar-refractivity contribution in [3.63, 3.8) is 0 Å². The summed E-state index contributed by atoms with van der Waals surface area (Å²) in [6, 6.07) is 14.6. The first-order chi connectivity index (χ1) is 15.1. The van der Waals surface area contributed by atoms with Crippen molar-refractivity contribution in [2.24, 2.45) is 23.7 Å². The number of fused-ring (bicyclic) bond motifs is 2. The Hall–Kier alpha value is -3.28. The standard InChI is InChI=1S/C25H28N2O4/c1-3-30-20-11-7-18(8-12-20)26-24(28)22-16-5-6-17(15-16)23(22)25(29)27-19-9-13-21(14-10-19)31-4-2/h5-14,16-17,22-23H,3-4,15H2,1-2H3,(H,26,28)(H,27,29)/t16-,17-,22+,23+/m0/s1. The van der Waals surface area contributed by atoms with Crippen LogP contribution in [0.5, 0.6) is 11.5 Å². The van der Waals surface area contributed by atoms with Gasteiger partial charge in [0.25, 0.3) is 0 Å². The highest BCUT2D eigenvalue weighted by molar-refractivity contribution is 6.01. The quantitative estimate of drug-likeness (QED) is 0.617. The highest BCUT2D eigenvalue weighted by Gasteiger charge is 2.51. The van der Waals surface area contributed by atoms with E-state index in [1.807, 2.05) is 62.4 Å². The molecule has 162 valence electrons. The van der Waals surface area contributed by atoms with Crippen LogP contribution in [0, 0.1) is 23.7 Å². The molecule has 0 aromatic heterocycles. The number of ether oxygens (including phenoxy) is 2. The smallest absolute Gasteiger partial charge is 0.228 e. The Labute approximate surface area is 182 Å². The van der Waals surface area contributed by atoms with Crippen molar-refractivity contribution in [2.45, 2.75) is 20.3 Å². The maximum Gasteiger partial charge on any atom is 0.228 e. The molecule has 2 amide bonds. The molecule has 2 aromatic carbocycles. The Morgan fingerprint density at radius 1 is 0.742 bits per heavy atom. The highest BCUT2D eigenvalue weighted by atomic mass is 16.5. The molecule has 0 saturated heterocycles. The van der Waals surface area contributed by atoms with E-state index >= 15 is 0 Å². The van der Waals surface area contributed by atoms with Crippen LogP contribution in [0.1, 0.15) is 20.3 Å². The first-order valence-corrected chi connectivity index (χ1v) is 10.8. The van der Waals surface area contributed by atoms with E-state index in [0.29, 0.717) is 24.6 Å². The topological polar surface area (TPSA) is 76.7 Å². The molecule has 4 rings (SSSR count). The van der Waals surface area contributed by atoms with E-state index < -0.39 is 0 Å². The second-order valence-corrected chi connectivity index (χ2v) is 7.89. The Bertz CT molecular complexity index is 875. The zero-order valence-electron chi connectivity index (χ0n) is 17.8. The Balaban J connectivity index is 1.44. The molecule has 0 unspecified atom stereocenters. The fourth-order valence-corrected chi connectivity index (χ4v) is 4.59. The highest BCUT2D eigenvalue weighted by Crippen LogP contribution is 2.48. The number of benzene rings is 2. The molecule has 1 fully saturated rings. The maximum absolute atomic E-state index is 13.1. The number of rotatable bonds is 8. The molecule has 0 radical (unpaired) electrons. The summed E-state index contributed by atoms with van der Waals surface area (Å²) in [4.78, 5) is 26.3. The summed E-state index contributed by atoms with van der Waals surface area (Å²) in [5, 5.41) is 5.97. The Kier molecular flexibility index (Phi) is 6.26. The van der Waals surface area contributed by atoms with Gasteiger partial charge < -0.3 is 20.1 Å². The lowest BCUT2D eigenvalue weighted by Gasteiger charge is -2.26. The molecule has 6 nitrogen and oxygen atoms in total. The molecule has 0 spiro atoms. The van der Waals surface area contributed by atoms with Gasteiger partial charge in [-0.3, -0.25) is 9.59 Å². The molecular weight excluding hydrogens is 392 g/mol. The van der Waals surface area contributed by atoms with Crippen LogP contribution in [0.25, 0.3) is 0 Å². The van der Waals surface area contributed by atoms with E-state index in [4.69, 9.17) is 9.47 Å². The van der Waals surface area contributed by atoms with Crippen molar-refractivity contribution in [1.29, 1.82) is 0 Å². The lowest BCUT2D eigenvalue weighted by molar-refractivity contribution is -0.129. The maximum atomic E-state index is 13.1. The molecule has 0 aliphatic heterocycles. The third-order valence-corrected chi connectivity index (χ3v) is 5.93. The summed E-state index contributed by atoms with van der Waals surface area (Å²) in [6.45, 7) is 5.04. The second-order valence-electron chi connectivity index (χ2n) is 7.89. The van der Waals surface area contributed by atoms with E-state index in [9.17, 15) is 9.59 Å². The molecule has 31 heavy (non-hydrogen) atoms. The van der Waals surface area contributed by atoms with E-state index in [1.165, 1.54) is 0 Å². The van der Waals surface area contributed by atoms with Gasteiger partial charge in [0.1, 0.15) is 11.5 Å². The summed E-state index contributed by atoms with van der Waals surface area (Å²) in [6.07, 6.45) is 4.99. The van der Waals surface area contributed by atoms with Gasteiger partial charge in [-0.15, -0.1) is 0 Å². The molecule has 2 aromatic rings. The third-order valence-electron chi connectivity index (χ3n) is 5.93. The molecule has 1 saturated carbocycles. The van der Waals surface area contributed by atoms with Gasteiger partial charge >= 0.3 is 0 Å². The van der Waals surface area contributed by atoms with E-state index in [1.54, 1.807) is 0 Å². The number of hydrogen-bond donors (Lipinski definition) is 2. The lowest BCUT2D eigenvalue weighted by atomic mass is 9.81. The molecule has 2 bridgehead atoms. The Morgan fingerprint density at radius 2 is 1.13 bits per heavy atom. The summed E-state index contributed by atoms with van der Waals surface area (Å²) >= 11 is 0. The van der Waals surface area contributed by atoms with Crippen LogP contribution in [-0.4, -0.2) is 25.0 Å². The van der Waals surface area contributed by atoms with E-state index in [0.717, 1.165) is 17.9 Å². The first kappa shape index (κ1) is 21.0. The molecule has 0 heterocycles. The zero-order chi connectivity index (χ0) is 21.8. The van der Waals surface area contributed by atoms with Crippen LogP contribution in [0.3, 0.4) is 0 Å². The minimum Gasteiger partial charge on any atom is -0.494 e. The number of carbonyl (C=O) groups is 2. The van der Waals surface area contributed by atoms with Crippen molar-refractivity contribution in [2.75, 3.05) is 23.8 Å². The van der Waals surface area contributed by atoms with Crippen LogP contribution in [0.15, 0.2) is 60.7 Å². The average molecular weight is 421 g/mol. The number of hydrogen-bond acceptors (Lipinski definition) is 4. The molecule has 2 N–H and O–H groups in total. The lowest BCUT2D eigenvalue weighted by Crippen LogP contribution is -2.39. The minimum atomic E-state index is -0.385. The predicted octanol–water partition coefficient (Wildman–Crippen LogP) is 4.50. The van der Waals surface area contributed by atoms with Gasteiger partial charge in [-0.25, -0.2) is 0 Å². The van der Waals surface area contributed by atoms with Crippen LogP contribution in [0.2, 0.25) is 0 Å². The van der Waals surface area contributed by atoms with E-state index in [-0.39, 0.29) is 35.5 Å². The van der Waals surface area contributed by atoms with Crippen molar-refractivity contribution in [1.82, 2.24) is 0 Å². The van der Waals surface area contributed by atoms with Gasteiger partial charge in [-0.1, -0.05) is 12.2 Å². The summed E-state index contributed by atoms with van der Waals surface area (Å²) in [7, 11) is 0. The summed E-state index contributed by atoms with van der Waals surface area (Å²) < 4.78 is 10.9. The van der Waals surface area contributed by atoms with Crippen molar-refractivity contribution in [3.8, 4) is 11.5 Å². The molecule has 2 aliphatic rings. The van der Waals surface area contributed by atoms with Crippen LogP contribution < -0.4 is 20.1 Å². The first-order valence-electron chi connectivity index (χ1n) is 10.8. The van der Waals surface area contributed by atoms with Crippen molar-refractivity contribution >= 4 is 23.2 Å². The zero-order valence-corrected chi connectivity index (χ0v) is 17.8. The van der Waals surface area contributed by atoms with Crippen LogP contribution in [0.4, 0.5) is 11.4 Å². The van der Waals surface area contributed by atoms with Gasteiger partial charge in [-0.2, -0.15) is 0 Å². The number of carbonyl (C=O) groups excluding carboxylic acids is 2. The number of amides is 2. The SMILES string of the molecule is CCOc1ccc(NC(=O)[C@H]2[C@H](C(=O)Nc3ccc(OCC)cc3)[C@H]3C=C[C@H]2C3)cc1. The van der Waals surface area contributed by atoms with Crippen molar-refractivity contribution in [3.05, 3.63) is 60.7 Å². The van der Waals surface area contributed by atoms with Gasteiger partial charge in [-0.05, 0) is 80.6 Å². The molecule has 6 heteroatoms. The van der Waals surface area contributed by atoms with Gasteiger partial charge in [0.05, 0.1) is 25.0 Å². The summed E-state index contributed by atoms with van der Waals surface area (Å²) in [5.41, 5.74) is 1.40. The summed E-state index contributed by atoms with van der Waals surface area (Å²) in [5.74, 6) is 0.689. The minimum absolute atomic E-state index is 0.0868. The number of anilines is 2. The fraction of sp³-hybridized carbons (Fsp3) is 0.360. The van der Waals surface area contributed by atoms with Gasteiger partial charge in [0.15, 0.2) is 0 Å². The monoisotopic (exact) mass is 420 g/mol. The Morgan fingerprint density at radius 3 is 1.48 bits per heavy atom. The number of nitrogens with one attached hydrogen (secondary N) is 2. The molecule has 2 aliphatic carbocycles. The normalized spacial score (nSPS) is 23.4. The predicted molar refractivity (Wildman–Crippen MR) is 120 cm³/mol. The average Bonchev–Trinajstić information content (AvgIpc) is 3.39. The molecule has 4 atom stereocenters. The van der Waals surface area contributed by atoms with Gasteiger partial charge in [0.2, 0.25) is 11.8 Å². The number of allylic oxidation sites excluding steroid dienone is 2. The van der Waals surface area contributed by atoms with Crippen LogP contribution >= 0.6 is 0 Å². The second kappa shape index (κ2) is 9.25. The third kappa shape index (κ3) is 4.58.